The Kier molecular flexibility index (Phi) is 4.37. The van der Waals surface area contributed by atoms with Gasteiger partial charge in [0, 0.05) is 32.6 Å². The van der Waals surface area contributed by atoms with Gasteiger partial charge in [0.2, 0.25) is 0 Å². The minimum Gasteiger partial charge on any atom is -0.399 e. The van der Waals surface area contributed by atoms with Gasteiger partial charge >= 0.3 is 0 Å². The number of methoxy groups -OCH3 is 1. The molecule has 1 heterocycles. The molecule has 20 heavy (non-hydrogen) atoms. The lowest BCUT2D eigenvalue weighted by Gasteiger charge is -2.14. The maximum atomic E-state index is 12.1. The highest BCUT2D eigenvalue weighted by Crippen LogP contribution is 2.12. The van der Waals surface area contributed by atoms with Gasteiger partial charge in [0.15, 0.2) is 5.69 Å². The van der Waals surface area contributed by atoms with Crippen LogP contribution in [0, 0.1) is 0 Å². The van der Waals surface area contributed by atoms with Crippen molar-refractivity contribution in [1.29, 1.82) is 0 Å². The summed E-state index contributed by atoms with van der Waals surface area (Å²) < 4.78 is 6.59. The summed E-state index contributed by atoms with van der Waals surface area (Å²) in [5.74, 6) is -0.135. The molecule has 0 spiro atoms. The number of ether oxygens (including phenoxy) is 1. The third kappa shape index (κ3) is 3.16. The van der Waals surface area contributed by atoms with Crippen molar-refractivity contribution in [2.24, 2.45) is 0 Å². The number of nitrogens with two attached hydrogens (primary N) is 1. The van der Waals surface area contributed by atoms with Crippen LogP contribution in [0.2, 0.25) is 0 Å². The topological polar surface area (TPSA) is 73.4 Å². The number of carbonyl (C=O) groups excluding carboxylic acids is 1. The number of likely N-dealkylation sites (N-methyl/N-ethyl adjacent to an activating group) is 1. The van der Waals surface area contributed by atoms with Gasteiger partial charge in [-0.05, 0) is 24.3 Å². The van der Waals surface area contributed by atoms with E-state index < -0.39 is 0 Å². The van der Waals surface area contributed by atoms with E-state index in [1.807, 2.05) is 12.1 Å². The number of amides is 1. The van der Waals surface area contributed by atoms with Gasteiger partial charge < -0.3 is 15.4 Å². The summed E-state index contributed by atoms with van der Waals surface area (Å²) in [5.41, 5.74) is 7.61. The molecular weight excluding hydrogens is 256 g/mol. The zero-order valence-electron chi connectivity index (χ0n) is 11.6. The number of aromatic nitrogens is 2. The molecule has 1 amide bonds. The molecule has 2 rings (SSSR count). The van der Waals surface area contributed by atoms with Gasteiger partial charge in [0.25, 0.3) is 5.91 Å². The van der Waals surface area contributed by atoms with Crippen molar-refractivity contribution in [3.8, 4) is 5.69 Å². The monoisotopic (exact) mass is 274 g/mol. The number of benzene rings is 1. The molecule has 0 bridgehead atoms. The highest BCUT2D eigenvalue weighted by atomic mass is 16.5. The van der Waals surface area contributed by atoms with Crippen molar-refractivity contribution in [3.05, 3.63) is 42.2 Å². The molecule has 106 valence electrons. The minimum absolute atomic E-state index is 0.135. The fourth-order valence-corrected chi connectivity index (χ4v) is 1.77. The van der Waals surface area contributed by atoms with E-state index in [-0.39, 0.29) is 5.91 Å². The fraction of sp³-hybridized carbons (Fsp3) is 0.286. The molecular formula is C14H18N4O2. The van der Waals surface area contributed by atoms with Gasteiger partial charge in [-0.1, -0.05) is 6.07 Å². The van der Waals surface area contributed by atoms with E-state index in [0.717, 1.165) is 5.69 Å². The molecule has 2 aromatic rings. The molecule has 0 aliphatic carbocycles. The molecule has 0 saturated heterocycles. The molecule has 0 saturated carbocycles. The summed E-state index contributed by atoms with van der Waals surface area (Å²) >= 11 is 0. The minimum atomic E-state index is -0.135. The molecule has 0 atom stereocenters. The number of hydrogen-bond acceptors (Lipinski definition) is 4. The van der Waals surface area contributed by atoms with Crippen molar-refractivity contribution >= 4 is 11.6 Å². The molecule has 0 unspecified atom stereocenters. The Labute approximate surface area is 117 Å². The van der Waals surface area contributed by atoms with Crippen molar-refractivity contribution in [2.75, 3.05) is 33.0 Å². The summed E-state index contributed by atoms with van der Waals surface area (Å²) in [6.45, 7) is 1.03. The quantitative estimate of drug-likeness (QED) is 0.831. The molecule has 0 aliphatic heterocycles. The van der Waals surface area contributed by atoms with E-state index in [1.54, 1.807) is 48.1 Å². The summed E-state index contributed by atoms with van der Waals surface area (Å²) in [4.78, 5) is 13.7. The first kappa shape index (κ1) is 14.1. The lowest BCUT2D eigenvalue weighted by Crippen LogP contribution is -2.30. The Morgan fingerprint density at radius 3 is 2.95 bits per heavy atom. The first-order chi connectivity index (χ1) is 9.61. The van der Waals surface area contributed by atoms with Crippen LogP contribution in [0.25, 0.3) is 5.69 Å². The van der Waals surface area contributed by atoms with Crippen molar-refractivity contribution < 1.29 is 9.53 Å². The third-order valence-electron chi connectivity index (χ3n) is 2.92. The van der Waals surface area contributed by atoms with Crippen LogP contribution in [0.3, 0.4) is 0 Å². The smallest absolute Gasteiger partial charge is 0.274 e. The Balaban J connectivity index is 2.14. The maximum Gasteiger partial charge on any atom is 0.274 e. The van der Waals surface area contributed by atoms with Crippen LogP contribution < -0.4 is 5.73 Å². The first-order valence-electron chi connectivity index (χ1n) is 6.28. The molecule has 0 radical (unpaired) electrons. The Morgan fingerprint density at radius 2 is 2.25 bits per heavy atom. The highest BCUT2D eigenvalue weighted by molar-refractivity contribution is 5.92. The van der Waals surface area contributed by atoms with E-state index >= 15 is 0 Å². The van der Waals surface area contributed by atoms with Crippen molar-refractivity contribution in [3.63, 3.8) is 0 Å². The van der Waals surface area contributed by atoms with Crippen LogP contribution in [0.5, 0.6) is 0 Å². The molecule has 6 nitrogen and oxygen atoms in total. The Bertz CT molecular complexity index is 594. The van der Waals surface area contributed by atoms with E-state index in [9.17, 15) is 4.79 Å². The molecule has 1 aromatic carbocycles. The average Bonchev–Trinajstić information content (AvgIpc) is 2.93. The van der Waals surface area contributed by atoms with Crippen LogP contribution in [-0.2, 0) is 4.74 Å². The van der Waals surface area contributed by atoms with Crippen LogP contribution >= 0.6 is 0 Å². The number of anilines is 1. The number of rotatable bonds is 5. The second-order valence-corrected chi connectivity index (χ2v) is 4.46. The lowest BCUT2D eigenvalue weighted by atomic mass is 10.3. The first-order valence-corrected chi connectivity index (χ1v) is 6.28. The standard InChI is InChI=1S/C14H18N4O2/c1-17(8-9-20-2)14(19)13-6-7-18(16-13)12-5-3-4-11(15)10-12/h3-7,10H,8-9,15H2,1-2H3. The van der Waals surface area contributed by atoms with Gasteiger partial charge in [-0.2, -0.15) is 5.10 Å². The predicted molar refractivity (Wildman–Crippen MR) is 76.8 cm³/mol. The largest absolute Gasteiger partial charge is 0.399 e. The van der Waals surface area contributed by atoms with Crippen LogP contribution in [0.15, 0.2) is 36.5 Å². The number of hydrogen-bond donors (Lipinski definition) is 1. The van der Waals surface area contributed by atoms with E-state index in [1.165, 1.54) is 0 Å². The maximum absolute atomic E-state index is 12.1. The van der Waals surface area contributed by atoms with Crippen molar-refractivity contribution in [2.45, 2.75) is 0 Å². The predicted octanol–water partition coefficient (Wildman–Crippen LogP) is 1.17. The third-order valence-corrected chi connectivity index (χ3v) is 2.92. The molecule has 0 fully saturated rings. The summed E-state index contributed by atoms with van der Waals surface area (Å²) in [6, 6.07) is 9.02. The van der Waals surface area contributed by atoms with Crippen molar-refractivity contribution in [1.82, 2.24) is 14.7 Å². The lowest BCUT2D eigenvalue weighted by molar-refractivity contribution is 0.0738. The molecule has 6 heteroatoms. The molecule has 2 N–H and O–H groups in total. The second kappa shape index (κ2) is 6.21. The zero-order chi connectivity index (χ0) is 14.5. The van der Waals surface area contributed by atoms with Gasteiger partial charge in [-0.15, -0.1) is 0 Å². The molecule has 0 aliphatic rings. The normalized spacial score (nSPS) is 10.5. The van der Waals surface area contributed by atoms with E-state index in [4.69, 9.17) is 10.5 Å². The van der Waals surface area contributed by atoms with Crippen LogP contribution in [0.1, 0.15) is 10.5 Å². The number of nitrogen functional groups attached to an aromatic ring is 1. The summed E-state index contributed by atoms with van der Waals surface area (Å²) in [6.07, 6.45) is 1.74. The number of carbonyl (C=O) groups is 1. The Hall–Kier alpha value is -2.34. The second-order valence-electron chi connectivity index (χ2n) is 4.46. The van der Waals surface area contributed by atoms with Gasteiger partial charge in [0.1, 0.15) is 0 Å². The number of nitrogens with zero attached hydrogens (tertiary/aromatic N) is 3. The van der Waals surface area contributed by atoms with Gasteiger partial charge in [-0.25, -0.2) is 4.68 Å². The van der Waals surface area contributed by atoms with Crippen LogP contribution in [0.4, 0.5) is 5.69 Å². The molecule has 1 aromatic heterocycles. The van der Waals surface area contributed by atoms with Gasteiger partial charge in [-0.3, -0.25) is 4.79 Å². The average molecular weight is 274 g/mol. The summed E-state index contributed by atoms with van der Waals surface area (Å²) in [5, 5.41) is 4.28. The zero-order valence-corrected chi connectivity index (χ0v) is 11.6. The van der Waals surface area contributed by atoms with E-state index in [2.05, 4.69) is 5.10 Å². The van der Waals surface area contributed by atoms with Crippen LogP contribution in [-0.4, -0.2) is 47.9 Å². The SMILES string of the molecule is COCCN(C)C(=O)c1ccn(-c2cccc(N)c2)n1. The highest BCUT2D eigenvalue weighted by Gasteiger charge is 2.14. The Morgan fingerprint density at radius 1 is 1.45 bits per heavy atom. The summed E-state index contributed by atoms with van der Waals surface area (Å²) in [7, 11) is 3.33. The van der Waals surface area contributed by atoms with E-state index in [0.29, 0.717) is 24.5 Å². The fourth-order valence-electron chi connectivity index (χ4n) is 1.77. The van der Waals surface area contributed by atoms with Gasteiger partial charge in [0.05, 0.1) is 12.3 Å².